The number of carboxylic acids is 1. The van der Waals surface area contributed by atoms with E-state index in [1.165, 1.54) is 0 Å². The average Bonchev–Trinajstić information content (AvgIpc) is 2.50. The summed E-state index contributed by atoms with van der Waals surface area (Å²) in [5.41, 5.74) is 0. The minimum Gasteiger partial charge on any atom is -0.485 e. The maximum Gasteiger partial charge on any atom is 0.326 e. The molecule has 21 heavy (non-hydrogen) atoms. The number of nitrogens with one attached hydrogen (secondary N) is 1. The molecule has 2 rings (SSSR count). The Labute approximate surface area is 123 Å². The lowest BCUT2D eigenvalue weighted by atomic mass is 9.99. The summed E-state index contributed by atoms with van der Waals surface area (Å²) in [5, 5.41) is 11.7. The summed E-state index contributed by atoms with van der Waals surface area (Å²) in [5.74, 6) is -0.618. The van der Waals surface area contributed by atoms with Crippen molar-refractivity contribution in [1.29, 1.82) is 0 Å². The average molecular weight is 293 g/mol. The van der Waals surface area contributed by atoms with E-state index in [-0.39, 0.29) is 12.5 Å². The number of carbonyl (C=O) groups excluding carboxylic acids is 1. The monoisotopic (exact) mass is 293 g/mol. The Hall–Kier alpha value is -2.24. The third kappa shape index (κ3) is 3.45. The fraction of sp³-hybridized carbons (Fsp3) is 0.467. The van der Waals surface area contributed by atoms with Gasteiger partial charge in [0.25, 0.3) is 5.91 Å². The number of hydrogen-bond acceptors (Lipinski definition) is 4. The number of ether oxygens (including phenoxy) is 2. The van der Waals surface area contributed by atoms with Crippen molar-refractivity contribution in [2.75, 3.05) is 6.61 Å². The molecule has 0 bridgehead atoms. The van der Waals surface area contributed by atoms with Crippen molar-refractivity contribution >= 4 is 11.9 Å². The molecule has 0 fully saturated rings. The van der Waals surface area contributed by atoms with Gasteiger partial charge in [0, 0.05) is 0 Å². The van der Waals surface area contributed by atoms with Gasteiger partial charge in [0.1, 0.15) is 12.6 Å². The number of para-hydroxylation sites is 2. The second kappa shape index (κ2) is 6.47. The van der Waals surface area contributed by atoms with Gasteiger partial charge in [0.15, 0.2) is 11.5 Å². The van der Waals surface area contributed by atoms with Gasteiger partial charge in [-0.05, 0) is 18.1 Å². The van der Waals surface area contributed by atoms with E-state index in [9.17, 15) is 14.7 Å². The highest BCUT2D eigenvalue weighted by Gasteiger charge is 2.32. The van der Waals surface area contributed by atoms with E-state index in [1.54, 1.807) is 25.1 Å². The van der Waals surface area contributed by atoms with Crippen molar-refractivity contribution in [2.45, 2.75) is 32.4 Å². The third-order valence-corrected chi connectivity index (χ3v) is 3.58. The van der Waals surface area contributed by atoms with Gasteiger partial charge in [-0.25, -0.2) is 4.79 Å². The fourth-order valence-corrected chi connectivity index (χ4v) is 2.08. The zero-order chi connectivity index (χ0) is 15.4. The number of hydrogen-bond donors (Lipinski definition) is 2. The Morgan fingerprint density at radius 1 is 1.38 bits per heavy atom. The van der Waals surface area contributed by atoms with E-state index in [2.05, 4.69) is 5.32 Å². The lowest BCUT2D eigenvalue weighted by Gasteiger charge is -2.27. The van der Waals surface area contributed by atoms with Gasteiger partial charge in [0.05, 0.1) is 0 Å². The van der Waals surface area contributed by atoms with Crippen LogP contribution < -0.4 is 14.8 Å². The number of amides is 1. The second-order valence-corrected chi connectivity index (χ2v) is 5.07. The topological polar surface area (TPSA) is 84.9 Å². The molecule has 0 radical (unpaired) electrons. The van der Waals surface area contributed by atoms with Crippen LogP contribution in [0.5, 0.6) is 11.5 Å². The van der Waals surface area contributed by atoms with Gasteiger partial charge < -0.3 is 19.9 Å². The largest absolute Gasteiger partial charge is 0.485 e. The summed E-state index contributed by atoms with van der Waals surface area (Å²) in [6.45, 7) is 3.73. The van der Waals surface area contributed by atoms with Crippen LogP contribution in [0.15, 0.2) is 24.3 Å². The molecule has 0 aromatic heterocycles. The van der Waals surface area contributed by atoms with E-state index in [1.807, 2.05) is 13.0 Å². The molecule has 1 aliphatic heterocycles. The molecule has 2 N–H and O–H groups in total. The summed E-state index contributed by atoms with van der Waals surface area (Å²) in [6, 6.07) is 6.12. The van der Waals surface area contributed by atoms with E-state index in [4.69, 9.17) is 9.47 Å². The summed E-state index contributed by atoms with van der Waals surface area (Å²) in [6.07, 6.45) is -0.187. The summed E-state index contributed by atoms with van der Waals surface area (Å²) < 4.78 is 11.0. The van der Waals surface area contributed by atoms with Crippen LogP contribution in [0, 0.1) is 5.92 Å². The van der Waals surface area contributed by atoms with Crippen molar-refractivity contribution in [3.63, 3.8) is 0 Å². The first kappa shape index (κ1) is 15.2. The number of aliphatic carboxylic acids is 1. The molecule has 6 heteroatoms. The van der Waals surface area contributed by atoms with Crippen LogP contribution >= 0.6 is 0 Å². The first-order valence-electron chi connectivity index (χ1n) is 6.94. The molecule has 1 aromatic carbocycles. The first-order valence-corrected chi connectivity index (χ1v) is 6.94. The molecule has 114 valence electrons. The molecule has 3 atom stereocenters. The highest BCUT2D eigenvalue weighted by molar-refractivity contribution is 5.87. The number of carboxylic acid groups (broad SMARTS) is 1. The molecule has 0 aliphatic carbocycles. The third-order valence-electron chi connectivity index (χ3n) is 3.58. The fourth-order valence-electron chi connectivity index (χ4n) is 2.08. The lowest BCUT2D eigenvalue weighted by Crippen LogP contribution is -2.52. The molecular formula is C15H19NO5. The maximum absolute atomic E-state index is 12.2. The first-order chi connectivity index (χ1) is 10.0. The van der Waals surface area contributed by atoms with Crippen LogP contribution in [0.3, 0.4) is 0 Å². The number of benzene rings is 1. The van der Waals surface area contributed by atoms with E-state index >= 15 is 0 Å². The second-order valence-electron chi connectivity index (χ2n) is 5.07. The molecule has 0 saturated carbocycles. The number of carbonyl (C=O) groups is 2. The normalized spacial score (nSPS) is 19.4. The van der Waals surface area contributed by atoms with Gasteiger partial charge in [0.2, 0.25) is 6.10 Å². The van der Waals surface area contributed by atoms with Crippen LogP contribution in [0.25, 0.3) is 0 Å². The molecule has 0 saturated heterocycles. The van der Waals surface area contributed by atoms with Crippen LogP contribution in [-0.2, 0) is 9.59 Å². The van der Waals surface area contributed by atoms with Gasteiger partial charge in [-0.1, -0.05) is 32.4 Å². The zero-order valence-electron chi connectivity index (χ0n) is 12.0. The van der Waals surface area contributed by atoms with Crippen LogP contribution in [0.4, 0.5) is 0 Å². The van der Waals surface area contributed by atoms with Crippen molar-refractivity contribution in [3.05, 3.63) is 24.3 Å². The Bertz CT molecular complexity index is 531. The van der Waals surface area contributed by atoms with Gasteiger partial charge in [-0.3, -0.25) is 4.79 Å². The smallest absolute Gasteiger partial charge is 0.326 e. The molecule has 1 heterocycles. The predicted octanol–water partition coefficient (Wildman–Crippen LogP) is 1.44. The molecule has 1 amide bonds. The molecular weight excluding hydrogens is 274 g/mol. The van der Waals surface area contributed by atoms with E-state index in [0.717, 1.165) is 0 Å². The molecule has 6 nitrogen and oxygen atoms in total. The molecule has 1 unspecified atom stereocenters. The van der Waals surface area contributed by atoms with Crippen molar-refractivity contribution in [1.82, 2.24) is 5.32 Å². The van der Waals surface area contributed by atoms with Crippen molar-refractivity contribution in [3.8, 4) is 11.5 Å². The van der Waals surface area contributed by atoms with Gasteiger partial charge >= 0.3 is 5.97 Å². The Kier molecular flexibility index (Phi) is 4.67. The standard InChI is InChI=1S/C15H19NO5/c1-3-9(2)13(15(18)19)16-14(17)12-8-20-10-6-4-5-7-11(10)21-12/h4-7,9,12-13H,3,8H2,1-2H3,(H,16,17)(H,18,19)/t9-,12?,13-/m0/s1. The minimum atomic E-state index is -1.05. The van der Waals surface area contributed by atoms with Crippen molar-refractivity contribution in [2.24, 2.45) is 5.92 Å². The van der Waals surface area contributed by atoms with Crippen LogP contribution in [0.1, 0.15) is 20.3 Å². The minimum absolute atomic E-state index is 0.0652. The zero-order valence-corrected chi connectivity index (χ0v) is 12.0. The lowest BCUT2D eigenvalue weighted by molar-refractivity contribution is -0.145. The van der Waals surface area contributed by atoms with Crippen molar-refractivity contribution < 1.29 is 24.2 Å². The van der Waals surface area contributed by atoms with Crippen LogP contribution in [-0.4, -0.2) is 35.7 Å². The highest BCUT2D eigenvalue weighted by Crippen LogP contribution is 2.30. The Morgan fingerprint density at radius 3 is 2.67 bits per heavy atom. The van der Waals surface area contributed by atoms with Crippen LogP contribution in [0.2, 0.25) is 0 Å². The van der Waals surface area contributed by atoms with E-state index in [0.29, 0.717) is 17.9 Å². The van der Waals surface area contributed by atoms with Gasteiger partial charge in [-0.2, -0.15) is 0 Å². The SMILES string of the molecule is CC[C@H](C)[C@H](NC(=O)C1COc2ccccc2O1)C(=O)O. The number of rotatable bonds is 5. The number of fused-ring (bicyclic) bond motifs is 1. The maximum atomic E-state index is 12.2. The van der Waals surface area contributed by atoms with Gasteiger partial charge in [-0.15, -0.1) is 0 Å². The quantitative estimate of drug-likeness (QED) is 0.858. The molecule has 0 spiro atoms. The molecule has 1 aliphatic rings. The summed E-state index contributed by atoms with van der Waals surface area (Å²) in [7, 11) is 0. The summed E-state index contributed by atoms with van der Waals surface area (Å²) in [4.78, 5) is 23.4. The highest BCUT2D eigenvalue weighted by atomic mass is 16.6. The van der Waals surface area contributed by atoms with E-state index < -0.39 is 24.0 Å². The Balaban J connectivity index is 2.03. The predicted molar refractivity (Wildman–Crippen MR) is 75.4 cm³/mol. The molecule has 1 aromatic rings. The Morgan fingerprint density at radius 2 is 2.05 bits per heavy atom. The summed E-state index contributed by atoms with van der Waals surface area (Å²) >= 11 is 0.